The number of nitrogen functional groups attached to an aromatic ring is 1. The van der Waals surface area contributed by atoms with Crippen molar-refractivity contribution in [2.75, 3.05) is 12.3 Å². The van der Waals surface area contributed by atoms with E-state index in [0.29, 0.717) is 17.8 Å². The summed E-state index contributed by atoms with van der Waals surface area (Å²) in [6.07, 6.45) is 0.925. The maximum atomic E-state index is 12.7. The van der Waals surface area contributed by atoms with E-state index < -0.39 is 0 Å². The van der Waals surface area contributed by atoms with Gasteiger partial charge in [0, 0.05) is 28.8 Å². The lowest BCUT2D eigenvalue weighted by molar-refractivity contribution is 0.0743. The largest absolute Gasteiger partial charge is 0.398 e. The summed E-state index contributed by atoms with van der Waals surface area (Å²) in [6, 6.07) is 15.3. The summed E-state index contributed by atoms with van der Waals surface area (Å²) in [5, 5.41) is 0. The summed E-state index contributed by atoms with van der Waals surface area (Å²) in [5.41, 5.74) is 8.20. The Balaban J connectivity index is 2.20. The van der Waals surface area contributed by atoms with Gasteiger partial charge in [-0.3, -0.25) is 4.79 Å². The highest BCUT2D eigenvalue weighted by Gasteiger charge is 2.16. The molecule has 0 aliphatic rings. The van der Waals surface area contributed by atoms with Crippen LogP contribution < -0.4 is 5.73 Å². The number of carbonyl (C=O) groups is 1. The third kappa shape index (κ3) is 4.08. The smallest absolute Gasteiger partial charge is 0.254 e. The maximum absolute atomic E-state index is 12.7. The highest BCUT2D eigenvalue weighted by molar-refractivity contribution is 9.10. The second-order valence-electron chi connectivity index (χ2n) is 4.95. The lowest BCUT2D eigenvalue weighted by Gasteiger charge is -2.22. The average molecular weight is 347 g/mol. The van der Waals surface area contributed by atoms with Gasteiger partial charge in [0.1, 0.15) is 0 Å². The van der Waals surface area contributed by atoms with Gasteiger partial charge in [-0.25, -0.2) is 0 Å². The molecule has 0 bridgehead atoms. The number of hydrogen-bond donors (Lipinski definition) is 1. The van der Waals surface area contributed by atoms with Crippen LogP contribution in [-0.2, 0) is 6.54 Å². The fourth-order valence-electron chi connectivity index (χ4n) is 2.17. The lowest BCUT2D eigenvalue weighted by Crippen LogP contribution is -2.31. The molecule has 2 aromatic rings. The van der Waals surface area contributed by atoms with E-state index in [1.165, 1.54) is 0 Å². The maximum Gasteiger partial charge on any atom is 0.254 e. The van der Waals surface area contributed by atoms with E-state index >= 15 is 0 Å². The lowest BCUT2D eigenvalue weighted by atomic mass is 10.1. The minimum atomic E-state index is 0.0291. The van der Waals surface area contributed by atoms with Crippen LogP contribution >= 0.6 is 15.9 Å². The number of nitrogens with zero attached hydrogens (tertiary/aromatic N) is 1. The third-order valence-electron chi connectivity index (χ3n) is 3.24. The number of hydrogen-bond acceptors (Lipinski definition) is 2. The number of anilines is 1. The second kappa shape index (κ2) is 7.27. The van der Waals surface area contributed by atoms with E-state index in [1.807, 2.05) is 35.2 Å². The Morgan fingerprint density at radius 2 is 1.90 bits per heavy atom. The number of rotatable bonds is 5. The molecule has 2 aromatic carbocycles. The summed E-state index contributed by atoms with van der Waals surface area (Å²) in [4.78, 5) is 14.5. The van der Waals surface area contributed by atoms with Crippen molar-refractivity contribution in [1.82, 2.24) is 4.90 Å². The van der Waals surface area contributed by atoms with Gasteiger partial charge in [-0.1, -0.05) is 37.3 Å². The van der Waals surface area contributed by atoms with Crippen molar-refractivity contribution < 1.29 is 4.79 Å². The van der Waals surface area contributed by atoms with E-state index in [1.54, 1.807) is 18.2 Å². The number of amides is 1. The standard InChI is InChI=1S/C17H19BrN2O/c1-2-10-20(12-13-6-4-3-5-7-13)17(21)14-8-9-16(19)15(18)11-14/h3-9,11H,2,10,12,19H2,1H3. The Morgan fingerprint density at radius 1 is 1.19 bits per heavy atom. The van der Waals surface area contributed by atoms with Crippen LogP contribution in [0.15, 0.2) is 53.0 Å². The van der Waals surface area contributed by atoms with Gasteiger partial charge in [0.25, 0.3) is 5.91 Å². The highest BCUT2D eigenvalue weighted by atomic mass is 79.9. The van der Waals surface area contributed by atoms with Crippen molar-refractivity contribution in [3.63, 3.8) is 0 Å². The molecule has 21 heavy (non-hydrogen) atoms. The van der Waals surface area contributed by atoms with Crippen molar-refractivity contribution in [2.24, 2.45) is 0 Å². The van der Waals surface area contributed by atoms with E-state index in [0.717, 1.165) is 23.0 Å². The van der Waals surface area contributed by atoms with Crippen LogP contribution in [0.3, 0.4) is 0 Å². The molecule has 110 valence electrons. The second-order valence-corrected chi connectivity index (χ2v) is 5.80. The van der Waals surface area contributed by atoms with Crippen molar-refractivity contribution in [1.29, 1.82) is 0 Å². The minimum absolute atomic E-state index is 0.0291. The van der Waals surface area contributed by atoms with Gasteiger partial charge in [0.15, 0.2) is 0 Å². The van der Waals surface area contributed by atoms with Crippen molar-refractivity contribution in [2.45, 2.75) is 19.9 Å². The van der Waals surface area contributed by atoms with Crippen molar-refractivity contribution >= 4 is 27.5 Å². The Kier molecular flexibility index (Phi) is 5.39. The molecule has 0 saturated heterocycles. The monoisotopic (exact) mass is 346 g/mol. The zero-order valence-corrected chi connectivity index (χ0v) is 13.6. The summed E-state index contributed by atoms with van der Waals surface area (Å²) < 4.78 is 0.754. The van der Waals surface area contributed by atoms with Gasteiger partial charge in [-0.15, -0.1) is 0 Å². The fourth-order valence-corrected chi connectivity index (χ4v) is 2.55. The molecule has 4 heteroatoms. The molecule has 0 aliphatic carbocycles. The zero-order valence-electron chi connectivity index (χ0n) is 12.1. The van der Waals surface area contributed by atoms with Crippen LogP contribution in [0.4, 0.5) is 5.69 Å². The molecule has 1 amide bonds. The Labute approximate surface area is 133 Å². The number of halogens is 1. The minimum Gasteiger partial charge on any atom is -0.398 e. The number of nitrogens with two attached hydrogens (primary N) is 1. The molecule has 0 fully saturated rings. The molecular formula is C17H19BrN2O. The summed E-state index contributed by atoms with van der Waals surface area (Å²) >= 11 is 3.37. The Hall–Kier alpha value is -1.81. The number of benzene rings is 2. The van der Waals surface area contributed by atoms with Crippen molar-refractivity contribution in [3.8, 4) is 0 Å². The van der Waals surface area contributed by atoms with Crippen LogP contribution in [0, 0.1) is 0 Å². The van der Waals surface area contributed by atoms with E-state index in [9.17, 15) is 4.79 Å². The summed E-state index contributed by atoms with van der Waals surface area (Å²) in [7, 11) is 0. The topological polar surface area (TPSA) is 46.3 Å². The summed E-state index contributed by atoms with van der Waals surface area (Å²) in [5.74, 6) is 0.0291. The number of carbonyl (C=O) groups excluding carboxylic acids is 1. The van der Waals surface area contributed by atoms with Crippen LogP contribution in [0.25, 0.3) is 0 Å². The molecule has 2 N–H and O–H groups in total. The first-order valence-electron chi connectivity index (χ1n) is 7.00. The van der Waals surface area contributed by atoms with E-state index in [2.05, 4.69) is 22.9 Å². The van der Waals surface area contributed by atoms with Gasteiger partial charge in [-0.05, 0) is 46.1 Å². The van der Waals surface area contributed by atoms with Crippen LogP contribution in [-0.4, -0.2) is 17.4 Å². The predicted octanol–water partition coefficient (Wildman–Crippen LogP) is 4.08. The van der Waals surface area contributed by atoms with Crippen LogP contribution in [0.5, 0.6) is 0 Å². The Bertz CT molecular complexity index is 613. The first-order chi connectivity index (χ1) is 10.1. The first kappa shape index (κ1) is 15.6. The molecule has 0 radical (unpaired) electrons. The predicted molar refractivity (Wildman–Crippen MR) is 90.0 cm³/mol. The average Bonchev–Trinajstić information content (AvgIpc) is 2.50. The van der Waals surface area contributed by atoms with Crippen molar-refractivity contribution in [3.05, 3.63) is 64.1 Å². The molecule has 0 aromatic heterocycles. The SMILES string of the molecule is CCCN(Cc1ccccc1)C(=O)c1ccc(N)c(Br)c1. The first-order valence-corrected chi connectivity index (χ1v) is 7.79. The molecule has 0 aliphatic heterocycles. The van der Waals surface area contributed by atoms with Gasteiger partial charge < -0.3 is 10.6 Å². The van der Waals surface area contributed by atoms with Gasteiger partial charge in [0.05, 0.1) is 0 Å². The van der Waals surface area contributed by atoms with Gasteiger partial charge >= 0.3 is 0 Å². The van der Waals surface area contributed by atoms with E-state index in [-0.39, 0.29) is 5.91 Å². The molecule has 0 unspecified atom stereocenters. The molecule has 0 saturated carbocycles. The molecule has 2 rings (SSSR count). The molecule has 0 atom stereocenters. The van der Waals surface area contributed by atoms with Crippen LogP contribution in [0.1, 0.15) is 29.3 Å². The van der Waals surface area contributed by atoms with Crippen LogP contribution in [0.2, 0.25) is 0 Å². The fraction of sp³-hybridized carbons (Fsp3) is 0.235. The Morgan fingerprint density at radius 3 is 2.52 bits per heavy atom. The molecule has 0 spiro atoms. The molecule has 3 nitrogen and oxygen atoms in total. The van der Waals surface area contributed by atoms with Gasteiger partial charge in [0.2, 0.25) is 0 Å². The quantitative estimate of drug-likeness (QED) is 0.829. The van der Waals surface area contributed by atoms with Gasteiger partial charge in [-0.2, -0.15) is 0 Å². The summed E-state index contributed by atoms with van der Waals surface area (Å²) in [6.45, 7) is 3.43. The highest BCUT2D eigenvalue weighted by Crippen LogP contribution is 2.22. The molecule has 0 heterocycles. The normalized spacial score (nSPS) is 10.4. The van der Waals surface area contributed by atoms with E-state index in [4.69, 9.17) is 5.73 Å². The third-order valence-corrected chi connectivity index (χ3v) is 3.93. The molecular weight excluding hydrogens is 328 g/mol. The zero-order chi connectivity index (χ0) is 15.2.